The van der Waals surface area contributed by atoms with Crippen molar-refractivity contribution in [1.29, 1.82) is 0 Å². The van der Waals surface area contributed by atoms with Gasteiger partial charge in [-0.2, -0.15) is 0 Å². The van der Waals surface area contributed by atoms with Crippen LogP contribution in [0.2, 0.25) is 0 Å². The molecule has 0 saturated heterocycles. The van der Waals surface area contributed by atoms with E-state index in [0.29, 0.717) is 5.82 Å². The minimum Gasteiger partial charge on any atom is -0.491 e. The first-order valence-electron chi connectivity index (χ1n) is 7.74. The number of aliphatic hydroxyl groups is 1. The van der Waals surface area contributed by atoms with Gasteiger partial charge >= 0.3 is 0 Å². The summed E-state index contributed by atoms with van der Waals surface area (Å²) in [5.74, 6) is 0.962. The molecule has 1 unspecified atom stereocenters. The Kier molecular flexibility index (Phi) is 6.08. The molecule has 0 aliphatic carbocycles. The maximum absolute atomic E-state index is 11.4. The average molecular weight is 330 g/mol. The van der Waals surface area contributed by atoms with Gasteiger partial charge in [-0.3, -0.25) is 4.79 Å². The fourth-order valence-corrected chi connectivity index (χ4v) is 2.04. The molecule has 0 aliphatic heterocycles. The highest BCUT2D eigenvalue weighted by Crippen LogP contribution is 2.19. The highest BCUT2D eigenvalue weighted by molar-refractivity contribution is 5.91. The second-order valence-corrected chi connectivity index (χ2v) is 5.52. The van der Waals surface area contributed by atoms with Gasteiger partial charge in [0.05, 0.1) is 12.2 Å². The minimum atomic E-state index is -0.696. The summed E-state index contributed by atoms with van der Waals surface area (Å²) in [6.45, 7) is 4.20. The summed E-state index contributed by atoms with van der Waals surface area (Å²) in [6.07, 6.45) is -0.586. The summed E-state index contributed by atoms with van der Waals surface area (Å²) < 4.78 is 5.57. The lowest BCUT2D eigenvalue weighted by Crippen LogP contribution is -2.20. The zero-order valence-electron chi connectivity index (χ0n) is 14.0. The number of hydrogen-bond donors (Lipinski definition) is 3. The Morgan fingerprint density at radius 2 is 1.88 bits per heavy atom. The molecular formula is C17H22N4O3. The molecule has 1 aromatic heterocycles. The predicted molar refractivity (Wildman–Crippen MR) is 91.1 cm³/mol. The number of benzene rings is 1. The maximum atomic E-state index is 11.4. The quantitative estimate of drug-likeness (QED) is 0.716. The Hall–Kier alpha value is -2.67. The van der Waals surface area contributed by atoms with Crippen LogP contribution in [-0.4, -0.2) is 40.9 Å². The molecule has 3 N–H and O–H groups in total. The van der Waals surface area contributed by atoms with Gasteiger partial charge in [-0.15, -0.1) is 10.2 Å². The summed E-state index contributed by atoms with van der Waals surface area (Å²) in [4.78, 5) is 11.4. The third-order valence-electron chi connectivity index (χ3n) is 3.24. The lowest BCUT2D eigenvalue weighted by molar-refractivity contribution is 0.0957. The minimum absolute atomic E-state index is 0.110. The Balaban J connectivity index is 1.90. The lowest BCUT2D eigenvalue weighted by Gasteiger charge is -2.14. The normalized spacial score (nSPS) is 11.9. The summed E-state index contributed by atoms with van der Waals surface area (Å²) >= 11 is 0. The second-order valence-electron chi connectivity index (χ2n) is 5.52. The Morgan fingerprint density at radius 1 is 1.17 bits per heavy atom. The molecule has 1 amide bonds. The topological polar surface area (TPSA) is 96.4 Å². The van der Waals surface area contributed by atoms with Gasteiger partial charge in [0.2, 0.25) is 0 Å². The number of aliphatic hydroxyl groups excluding tert-OH is 1. The van der Waals surface area contributed by atoms with Crippen molar-refractivity contribution in [2.24, 2.45) is 0 Å². The summed E-state index contributed by atoms with van der Waals surface area (Å²) in [5.41, 5.74) is 1.01. The Bertz CT molecular complexity index is 657. The number of anilines is 1. The molecule has 0 bridgehead atoms. The largest absolute Gasteiger partial charge is 0.491 e. The number of ether oxygens (including phenoxy) is 1. The fourth-order valence-electron chi connectivity index (χ4n) is 2.04. The van der Waals surface area contributed by atoms with E-state index in [0.717, 1.165) is 11.3 Å². The number of carbonyl (C=O) groups is 1. The van der Waals surface area contributed by atoms with E-state index in [1.807, 2.05) is 38.1 Å². The van der Waals surface area contributed by atoms with Crippen molar-refractivity contribution in [1.82, 2.24) is 15.5 Å². The van der Waals surface area contributed by atoms with Crippen molar-refractivity contribution < 1.29 is 14.6 Å². The van der Waals surface area contributed by atoms with Crippen LogP contribution in [0.3, 0.4) is 0 Å². The Labute approximate surface area is 141 Å². The van der Waals surface area contributed by atoms with Crippen molar-refractivity contribution in [3.8, 4) is 5.75 Å². The van der Waals surface area contributed by atoms with Crippen molar-refractivity contribution in [2.75, 3.05) is 18.9 Å². The SMILES string of the molecule is CNC(=O)c1ccc(NCC(O)c2ccc(OC(C)C)cc2)nn1. The molecule has 128 valence electrons. The van der Waals surface area contributed by atoms with Gasteiger partial charge in [-0.05, 0) is 43.7 Å². The standard InChI is InChI=1S/C17H22N4O3/c1-11(2)24-13-6-4-12(5-7-13)15(22)10-19-16-9-8-14(20-21-16)17(23)18-3/h4-9,11,15,22H,10H2,1-3H3,(H,18,23)(H,19,21). The van der Waals surface area contributed by atoms with Crippen LogP contribution in [-0.2, 0) is 0 Å². The first-order valence-corrected chi connectivity index (χ1v) is 7.74. The van der Waals surface area contributed by atoms with E-state index in [2.05, 4.69) is 20.8 Å². The molecule has 7 nitrogen and oxygen atoms in total. The maximum Gasteiger partial charge on any atom is 0.271 e. The average Bonchev–Trinajstić information content (AvgIpc) is 2.59. The van der Waals surface area contributed by atoms with Gasteiger partial charge in [0.1, 0.15) is 11.6 Å². The van der Waals surface area contributed by atoms with Crippen LogP contribution in [0.5, 0.6) is 5.75 Å². The van der Waals surface area contributed by atoms with Crippen LogP contribution in [0.1, 0.15) is 36.0 Å². The van der Waals surface area contributed by atoms with E-state index >= 15 is 0 Å². The number of carbonyl (C=O) groups excluding carboxylic acids is 1. The molecule has 1 atom stereocenters. The summed E-state index contributed by atoms with van der Waals surface area (Å²) in [7, 11) is 1.53. The molecule has 0 aliphatic rings. The zero-order valence-corrected chi connectivity index (χ0v) is 14.0. The van der Waals surface area contributed by atoms with E-state index in [9.17, 15) is 9.90 Å². The first kappa shape index (κ1) is 17.7. The van der Waals surface area contributed by atoms with E-state index in [-0.39, 0.29) is 24.2 Å². The van der Waals surface area contributed by atoms with Crippen LogP contribution in [0.15, 0.2) is 36.4 Å². The molecule has 2 rings (SSSR count). The van der Waals surface area contributed by atoms with E-state index in [1.54, 1.807) is 12.1 Å². The number of aromatic nitrogens is 2. The fraction of sp³-hybridized carbons (Fsp3) is 0.353. The van der Waals surface area contributed by atoms with Gasteiger partial charge < -0.3 is 20.5 Å². The van der Waals surface area contributed by atoms with Gasteiger partial charge in [0.25, 0.3) is 5.91 Å². The van der Waals surface area contributed by atoms with Crippen LogP contribution < -0.4 is 15.4 Å². The van der Waals surface area contributed by atoms with Crippen LogP contribution in [0.4, 0.5) is 5.82 Å². The monoisotopic (exact) mass is 330 g/mol. The van der Waals surface area contributed by atoms with Crippen molar-refractivity contribution in [3.05, 3.63) is 47.7 Å². The van der Waals surface area contributed by atoms with Crippen LogP contribution in [0.25, 0.3) is 0 Å². The van der Waals surface area contributed by atoms with Gasteiger partial charge in [0, 0.05) is 13.6 Å². The summed E-state index contributed by atoms with van der Waals surface area (Å²) in [6, 6.07) is 10.5. The van der Waals surface area contributed by atoms with Crippen LogP contribution >= 0.6 is 0 Å². The van der Waals surface area contributed by atoms with Gasteiger partial charge in [-0.1, -0.05) is 12.1 Å². The number of hydrogen-bond acceptors (Lipinski definition) is 6. The zero-order chi connectivity index (χ0) is 17.5. The molecule has 0 radical (unpaired) electrons. The molecule has 7 heteroatoms. The van der Waals surface area contributed by atoms with Gasteiger partial charge in [0.15, 0.2) is 5.69 Å². The number of amides is 1. The van der Waals surface area contributed by atoms with Crippen molar-refractivity contribution >= 4 is 11.7 Å². The molecular weight excluding hydrogens is 308 g/mol. The van der Waals surface area contributed by atoms with E-state index in [1.165, 1.54) is 7.05 Å². The molecule has 1 aromatic carbocycles. The molecule has 1 heterocycles. The third kappa shape index (κ3) is 4.92. The smallest absolute Gasteiger partial charge is 0.271 e. The third-order valence-corrected chi connectivity index (χ3v) is 3.24. The summed E-state index contributed by atoms with van der Waals surface area (Å²) in [5, 5.41) is 23.4. The molecule has 2 aromatic rings. The number of rotatable bonds is 7. The van der Waals surface area contributed by atoms with Gasteiger partial charge in [-0.25, -0.2) is 0 Å². The van der Waals surface area contributed by atoms with Crippen molar-refractivity contribution in [3.63, 3.8) is 0 Å². The predicted octanol–water partition coefficient (Wildman–Crippen LogP) is 1.77. The first-order chi connectivity index (χ1) is 11.5. The number of nitrogens with zero attached hydrogens (tertiary/aromatic N) is 2. The molecule has 24 heavy (non-hydrogen) atoms. The Morgan fingerprint density at radius 3 is 2.42 bits per heavy atom. The highest BCUT2D eigenvalue weighted by atomic mass is 16.5. The molecule has 0 saturated carbocycles. The lowest BCUT2D eigenvalue weighted by atomic mass is 10.1. The van der Waals surface area contributed by atoms with Crippen LogP contribution in [0, 0.1) is 0 Å². The van der Waals surface area contributed by atoms with Crippen molar-refractivity contribution in [2.45, 2.75) is 26.1 Å². The number of nitrogens with one attached hydrogen (secondary N) is 2. The highest BCUT2D eigenvalue weighted by Gasteiger charge is 2.10. The van der Waals surface area contributed by atoms with E-state index < -0.39 is 6.10 Å². The molecule has 0 spiro atoms. The second kappa shape index (κ2) is 8.26. The molecule has 0 fully saturated rings. The van der Waals surface area contributed by atoms with E-state index in [4.69, 9.17) is 4.74 Å².